The molecule has 1 aromatic rings. The molecule has 7 nitrogen and oxygen atoms in total. The van der Waals surface area contributed by atoms with Crippen LogP contribution in [0.1, 0.15) is 25.1 Å². The summed E-state index contributed by atoms with van der Waals surface area (Å²) in [6.07, 6.45) is 3.44. The molecule has 106 valence electrons. The van der Waals surface area contributed by atoms with Gasteiger partial charge in [0, 0.05) is 26.2 Å². The van der Waals surface area contributed by atoms with Gasteiger partial charge in [0.1, 0.15) is 0 Å². The van der Waals surface area contributed by atoms with E-state index in [2.05, 4.69) is 9.82 Å². The van der Waals surface area contributed by atoms with E-state index in [-0.39, 0.29) is 11.9 Å². The molecule has 0 fully saturated rings. The van der Waals surface area contributed by atoms with E-state index in [1.54, 1.807) is 11.1 Å². The zero-order valence-corrected chi connectivity index (χ0v) is 11.9. The number of hydrogen-bond donors (Lipinski definition) is 1. The van der Waals surface area contributed by atoms with Gasteiger partial charge >= 0.3 is 0 Å². The van der Waals surface area contributed by atoms with Crippen molar-refractivity contribution in [3.63, 3.8) is 0 Å². The Bertz CT molecular complexity index is 566. The van der Waals surface area contributed by atoms with Crippen LogP contribution in [0.2, 0.25) is 0 Å². The van der Waals surface area contributed by atoms with Crippen LogP contribution in [0, 0.1) is 0 Å². The van der Waals surface area contributed by atoms with E-state index in [0.29, 0.717) is 26.1 Å². The van der Waals surface area contributed by atoms with Crippen LogP contribution in [-0.4, -0.2) is 48.4 Å². The Kier molecular flexibility index (Phi) is 3.91. The molecule has 1 unspecified atom stereocenters. The molecule has 8 heteroatoms. The smallest absolute Gasteiger partial charge is 0.219 e. The number of rotatable bonds is 4. The van der Waals surface area contributed by atoms with Crippen molar-refractivity contribution in [2.45, 2.75) is 25.9 Å². The van der Waals surface area contributed by atoms with E-state index in [1.807, 2.05) is 10.7 Å². The minimum Gasteiger partial charge on any atom is -0.335 e. The number of nitrogens with zero attached hydrogens (tertiary/aromatic N) is 3. The molecule has 2 heterocycles. The normalized spacial score (nSPS) is 19.3. The quantitative estimate of drug-likeness (QED) is 0.825. The molecular weight excluding hydrogens is 268 g/mol. The van der Waals surface area contributed by atoms with Gasteiger partial charge in [-0.15, -0.1) is 0 Å². The Morgan fingerprint density at radius 1 is 1.58 bits per heavy atom. The number of fused-ring (bicyclic) bond motifs is 1. The average Bonchev–Trinajstić information content (AvgIpc) is 2.74. The molecule has 1 aliphatic heterocycles. The monoisotopic (exact) mass is 286 g/mol. The highest BCUT2D eigenvalue weighted by Crippen LogP contribution is 2.22. The van der Waals surface area contributed by atoms with Gasteiger partial charge in [-0.05, 0) is 12.5 Å². The maximum absolute atomic E-state index is 11.5. The highest BCUT2D eigenvalue weighted by atomic mass is 32.2. The molecule has 1 N–H and O–H groups in total. The lowest BCUT2D eigenvalue weighted by molar-refractivity contribution is -0.130. The van der Waals surface area contributed by atoms with Crippen molar-refractivity contribution in [2.24, 2.45) is 0 Å². The predicted molar refractivity (Wildman–Crippen MR) is 69.8 cm³/mol. The van der Waals surface area contributed by atoms with Gasteiger partial charge in [-0.2, -0.15) is 5.10 Å². The molecule has 0 saturated heterocycles. The number of carbonyl (C=O) groups is 1. The SMILES string of the molecule is CC(=O)N1Cc2ccnn2C(CCNS(C)(=O)=O)C1. The lowest BCUT2D eigenvalue weighted by Crippen LogP contribution is -2.41. The van der Waals surface area contributed by atoms with Gasteiger partial charge in [0.15, 0.2) is 0 Å². The Morgan fingerprint density at radius 3 is 2.95 bits per heavy atom. The minimum absolute atomic E-state index is 0.0110. The Hall–Kier alpha value is -1.41. The maximum Gasteiger partial charge on any atom is 0.219 e. The zero-order chi connectivity index (χ0) is 14.0. The third-order valence-electron chi connectivity index (χ3n) is 3.17. The van der Waals surface area contributed by atoms with Crippen LogP contribution in [0.15, 0.2) is 12.3 Å². The van der Waals surface area contributed by atoms with Crippen LogP contribution in [0.3, 0.4) is 0 Å². The first-order valence-corrected chi connectivity index (χ1v) is 7.98. The number of carbonyl (C=O) groups excluding carboxylic acids is 1. The summed E-state index contributed by atoms with van der Waals surface area (Å²) in [6.45, 7) is 3.01. The van der Waals surface area contributed by atoms with Crippen molar-refractivity contribution < 1.29 is 13.2 Å². The Morgan fingerprint density at radius 2 is 2.32 bits per heavy atom. The molecule has 1 aromatic heterocycles. The van der Waals surface area contributed by atoms with Crippen LogP contribution < -0.4 is 4.72 Å². The van der Waals surface area contributed by atoms with Gasteiger partial charge in [-0.1, -0.05) is 0 Å². The third kappa shape index (κ3) is 3.54. The maximum atomic E-state index is 11.5. The summed E-state index contributed by atoms with van der Waals surface area (Å²) in [5, 5.41) is 4.25. The largest absolute Gasteiger partial charge is 0.335 e. The number of sulfonamides is 1. The molecule has 1 atom stereocenters. The Balaban J connectivity index is 2.05. The molecule has 1 amide bonds. The fourth-order valence-electron chi connectivity index (χ4n) is 2.25. The van der Waals surface area contributed by atoms with Crippen LogP contribution in [0.5, 0.6) is 0 Å². The highest BCUT2D eigenvalue weighted by Gasteiger charge is 2.26. The predicted octanol–water partition coefficient (Wildman–Crippen LogP) is -0.274. The summed E-state index contributed by atoms with van der Waals surface area (Å²) < 4.78 is 26.4. The van der Waals surface area contributed by atoms with Crippen molar-refractivity contribution in [1.82, 2.24) is 19.4 Å². The molecule has 0 aliphatic carbocycles. The number of amides is 1. The minimum atomic E-state index is -3.18. The van der Waals surface area contributed by atoms with E-state index in [1.165, 1.54) is 6.92 Å². The summed E-state index contributed by atoms with van der Waals surface area (Å²) in [4.78, 5) is 13.2. The Labute approximate surface area is 112 Å². The second kappa shape index (κ2) is 5.30. The first-order chi connectivity index (χ1) is 8.87. The first kappa shape index (κ1) is 14.0. The molecule has 0 saturated carbocycles. The molecule has 2 rings (SSSR count). The molecular formula is C11H18N4O3S. The van der Waals surface area contributed by atoms with Gasteiger partial charge in [-0.25, -0.2) is 13.1 Å². The molecule has 0 bridgehead atoms. The van der Waals surface area contributed by atoms with Crippen LogP contribution in [-0.2, 0) is 21.4 Å². The van der Waals surface area contributed by atoms with E-state index in [9.17, 15) is 13.2 Å². The fraction of sp³-hybridized carbons (Fsp3) is 0.636. The number of hydrogen-bond acceptors (Lipinski definition) is 4. The van der Waals surface area contributed by atoms with Crippen LogP contribution in [0.25, 0.3) is 0 Å². The molecule has 1 aliphatic rings. The van der Waals surface area contributed by atoms with Gasteiger partial charge in [-0.3, -0.25) is 9.48 Å². The van der Waals surface area contributed by atoms with Crippen molar-refractivity contribution in [2.75, 3.05) is 19.3 Å². The van der Waals surface area contributed by atoms with Crippen molar-refractivity contribution in [3.05, 3.63) is 18.0 Å². The van der Waals surface area contributed by atoms with Gasteiger partial charge in [0.05, 0.1) is 24.5 Å². The van der Waals surface area contributed by atoms with Crippen molar-refractivity contribution in [1.29, 1.82) is 0 Å². The second-order valence-electron chi connectivity index (χ2n) is 4.78. The summed E-state index contributed by atoms with van der Waals surface area (Å²) in [7, 11) is -3.18. The van der Waals surface area contributed by atoms with E-state index >= 15 is 0 Å². The van der Waals surface area contributed by atoms with E-state index < -0.39 is 10.0 Å². The molecule has 19 heavy (non-hydrogen) atoms. The molecule has 0 radical (unpaired) electrons. The number of nitrogens with one attached hydrogen (secondary N) is 1. The zero-order valence-electron chi connectivity index (χ0n) is 11.0. The summed E-state index contributed by atoms with van der Waals surface area (Å²) in [5.41, 5.74) is 0.978. The van der Waals surface area contributed by atoms with E-state index in [0.717, 1.165) is 11.9 Å². The van der Waals surface area contributed by atoms with E-state index in [4.69, 9.17) is 0 Å². The summed E-state index contributed by atoms with van der Waals surface area (Å²) >= 11 is 0. The van der Waals surface area contributed by atoms with Crippen molar-refractivity contribution in [3.8, 4) is 0 Å². The van der Waals surface area contributed by atoms with Gasteiger partial charge < -0.3 is 4.90 Å². The fourth-order valence-corrected chi connectivity index (χ4v) is 2.74. The summed E-state index contributed by atoms with van der Waals surface area (Å²) in [5.74, 6) is 0.0218. The van der Waals surface area contributed by atoms with Crippen LogP contribution >= 0.6 is 0 Å². The highest BCUT2D eigenvalue weighted by molar-refractivity contribution is 7.88. The second-order valence-corrected chi connectivity index (χ2v) is 6.61. The average molecular weight is 286 g/mol. The molecule has 0 aromatic carbocycles. The topological polar surface area (TPSA) is 84.3 Å². The van der Waals surface area contributed by atoms with Gasteiger partial charge in [0.25, 0.3) is 0 Å². The molecule has 0 spiro atoms. The van der Waals surface area contributed by atoms with Crippen molar-refractivity contribution >= 4 is 15.9 Å². The first-order valence-electron chi connectivity index (χ1n) is 6.09. The number of aromatic nitrogens is 2. The lowest BCUT2D eigenvalue weighted by Gasteiger charge is -2.33. The standard InChI is InChI=1S/C11H18N4O3S/c1-9(16)14-7-10-3-5-12-15(10)11(8-14)4-6-13-19(2,17)18/h3,5,11,13H,4,6-8H2,1-2H3. The van der Waals surface area contributed by atoms with Crippen LogP contribution in [0.4, 0.5) is 0 Å². The summed E-state index contributed by atoms with van der Waals surface area (Å²) in [6, 6.07) is 1.89. The lowest BCUT2D eigenvalue weighted by atomic mass is 10.1. The third-order valence-corrected chi connectivity index (χ3v) is 3.90. The van der Waals surface area contributed by atoms with Gasteiger partial charge in [0.2, 0.25) is 15.9 Å².